The summed E-state index contributed by atoms with van der Waals surface area (Å²) >= 11 is 0. The van der Waals surface area contributed by atoms with Crippen LogP contribution in [0.15, 0.2) is 66.9 Å². The first-order valence-corrected chi connectivity index (χ1v) is 8.41. The molecule has 0 atom stereocenters. The van der Waals surface area contributed by atoms with Crippen molar-refractivity contribution >= 4 is 22.5 Å². The second kappa shape index (κ2) is 7.14. The number of rotatable bonds is 6. The predicted molar refractivity (Wildman–Crippen MR) is 104 cm³/mol. The number of hydrogen-bond donors (Lipinski definition) is 3. The van der Waals surface area contributed by atoms with E-state index < -0.39 is 0 Å². The van der Waals surface area contributed by atoms with Crippen LogP contribution >= 0.6 is 0 Å². The fourth-order valence-corrected chi connectivity index (χ4v) is 2.79. The number of fused-ring (bicyclic) bond motifs is 1. The fourth-order valence-electron chi connectivity index (χ4n) is 2.79. The first-order chi connectivity index (χ1) is 12.8. The van der Waals surface area contributed by atoms with Gasteiger partial charge in [-0.1, -0.05) is 24.3 Å². The van der Waals surface area contributed by atoms with Crippen LogP contribution in [0.1, 0.15) is 0 Å². The summed E-state index contributed by atoms with van der Waals surface area (Å²) in [6.45, 7) is 1.23. The van der Waals surface area contributed by atoms with Crippen LogP contribution in [0.3, 0.4) is 0 Å². The van der Waals surface area contributed by atoms with Crippen molar-refractivity contribution in [3.63, 3.8) is 0 Å². The van der Waals surface area contributed by atoms with E-state index in [9.17, 15) is 0 Å². The van der Waals surface area contributed by atoms with Gasteiger partial charge in [-0.15, -0.1) is 0 Å². The van der Waals surface area contributed by atoms with Crippen LogP contribution in [0.25, 0.3) is 22.0 Å². The van der Waals surface area contributed by atoms with Crippen LogP contribution in [-0.2, 0) is 0 Å². The highest BCUT2D eigenvalue weighted by Gasteiger charge is 2.06. The Morgan fingerprint density at radius 1 is 1.00 bits per heavy atom. The molecular weight excluding hydrogens is 326 g/mol. The van der Waals surface area contributed by atoms with Crippen molar-refractivity contribution in [3.8, 4) is 16.9 Å². The Labute approximate surface area is 151 Å². The zero-order chi connectivity index (χ0) is 17.8. The molecule has 26 heavy (non-hydrogen) atoms. The molecule has 130 valence electrons. The van der Waals surface area contributed by atoms with E-state index >= 15 is 0 Å². The van der Waals surface area contributed by atoms with Gasteiger partial charge < -0.3 is 15.8 Å². The third kappa shape index (κ3) is 3.44. The van der Waals surface area contributed by atoms with Crippen LogP contribution in [0.2, 0.25) is 0 Å². The van der Waals surface area contributed by atoms with E-state index in [1.165, 1.54) is 0 Å². The Kier molecular flexibility index (Phi) is 4.38. The monoisotopic (exact) mass is 345 g/mol. The molecule has 2 aromatic carbocycles. The van der Waals surface area contributed by atoms with E-state index in [2.05, 4.69) is 20.5 Å². The molecular formula is C20H19N5O. The molecule has 6 heteroatoms. The maximum absolute atomic E-state index is 5.90. The van der Waals surface area contributed by atoms with Crippen LogP contribution in [0, 0.1) is 0 Å². The molecule has 6 nitrogen and oxygen atoms in total. The summed E-state index contributed by atoms with van der Waals surface area (Å²) in [6, 6.07) is 19.8. The number of nitrogen functional groups attached to an aromatic ring is 1. The molecule has 0 spiro atoms. The SMILES string of the molecule is Nc1n[nH]c2ccc(-c3ccnc(NCCOc4ccccc4)c3)cc12. The van der Waals surface area contributed by atoms with Crippen molar-refractivity contribution in [2.45, 2.75) is 0 Å². The van der Waals surface area contributed by atoms with E-state index in [0.717, 1.165) is 33.6 Å². The minimum absolute atomic E-state index is 0.507. The highest BCUT2D eigenvalue weighted by atomic mass is 16.5. The van der Waals surface area contributed by atoms with E-state index in [1.54, 1.807) is 6.20 Å². The lowest BCUT2D eigenvalue weighted by Gasteiger charge is -2.09. The number of nitrogens with two attached hydrogens (primary N) is 1. The summed E-state index contributed by atoms with van der Waals surface area (Å²) in [5.41, 5.74) is 8.96. The van der Waals surface area contributed by atoms with Gasteiger partial charge in [0, 0.05) is 11.6 Å². The summed E-state index contributed by atoms with van der Waals surface area (Å²) in [4.78, 5) is 4.37. The Bertz CT molecular complexity index is 1010. The van der Waals surface area contributed by atoms with Gasteiger partial charge in [0.25, 0.3) is 0 Å². The van der Waals surface area contributed by atoms with Crippen molar-refractivity contribution in [1.82, 2.24) is 15.2 Å². The summed E-state index contributed by atoms with van der Waals surface area (Å²) in [5, 5.41) is 11.2. The van der Waals surface area contributed by atoms with Gasteiger partial charge >= 0.3 is 0 Å². The van der Waals surface area contributed by atoms with Gasteiger partial charge in [0.2, 0.25) is 0 Å². The molecule has 0 aliphatic rings. The lowest BCUT2D eigenvalue weighted by atomic mass is 10.0. The Morgan fingerprint density at radius 3 is 2.73 bits per heavy atom. The van der Waals surface area contributed by atoms with Crippen molar-refractivity contribution in [3.05, 3.63) is 66.9 Å². The van der Waals surface area contributed by atoms with Gasteiger partial charge in [-0.25, -0.2) is 4.98 Å². The first-order valence-electron chi connectivity index (χ1n) is 8.41. The smallest absolute Gasteiger partial charge is 0.153 e. The van der Waals surface area contributed by atoms with Crippen molar-refractivity contribution in [1.29, 1.82) is 0 Å². The number of aromatic amines is 1. The standard InChI is InChI=1S/C20H19N5O/c21-20-17-12-14(6-7-18(17)24-25-20)15-8-9-22-19(13-15)23-10-11-26-16-4-2-1-3-5-16/h1-9,12-13H,10-11H2,(H,22,23)(H3,21,24,25). The third-order valence-electron chi connectivity index (χ3n) is 4.11. The highest BCUT2D eigenvalue weighted by molar-refractivity contribution is 5.92. The molecule has 0 saturated carbocycles. The number of nitrogens with one attached hydrogen (secondary N) is 2. The normalized spacial score (nSPS) is 10.8. The summed E-state index contributed by atoms with van der Waals surface area (Å²) in [5.74, 6) is 2.17. The first kappa shape index (κ1) is 16.0. The van der Waals surface area contributed by atoms with E-state index in [4.69, 9.17) is 10.5 Å². The number of hydrogen-bond acceptors (Lipinski definition) is 5. The minimum Gasteiger partial charge on any atom is -0.492 e. The molecule has 4 rings (SSSR count). The Balaban J connectivity index is 1.43. The average Bonchev–Trinajstić information content (AvgIpc) is 3.07. The quantitative estimate of drug-likeness (QED) is 0.464. The molecule has 2 aromatic heterocycles. The Morgan fingerprint density at radius 2 is 1.85 bits per heavy atom. The molecule has 0 aliphatic carbocycles. The summed E-state index contributed by atoms with van der Waals surface area (Å²) < 4.78 is 5.68. The Hall–Kier alpha value is -3.54. The summed E-state index contributed by atoms with van der Waals surface area (Å²) in [6.07, 6.45) is 1.79. The second-order valence-corrected chi connectivity index (χ2v) is 5.89. The van der Waals surface area contributed by atoms with Gasteiger partial charge in [0.05, 0.1) is 12.1 Å². The van der Waals surface area contributed by atoms with Crippen LogP contribution in [-0.4, -0.2) is 28.3 Å². The number of aromatic nitrogens is 3. The van der Waals surface area contributed by atoms with E-state index in [0.29, 0.717) is 19.0 Å². The van der Waals surface area contributed by atoms with Crippen LogP contribution in [0.5, 0.6) is 5.75 Å². The van der Waals surface area contributed by atoms with Crippen LogP contribution in [0.4, 0.5) is 11.6 Å². The summed E-state index contributed by atoms with van der Waals surface area (Å²) in [7, 11) is 0. The molecule has 4 aromatic rings. The fraction of sp³-hybridized carbons (Fsp3) is 0.100. The number of H-pyrrole nitrogens is 1. The largest absolute Gasteiger partial charge is 0.492 e. The number of ether oxygens (including phenoxy) is 1. The third-order valence-corrected chi connectivity index (χ3v) is 4.11. The minimum atomic E-state index is 0.507. The second-order valence-electron chi connectivity index (χ2n) is 5.89. The van der Waals surface area contributed by atoms with E-state index in [1.807, 2.05) is 60.7 Å². The molecule has 2 heterocycles. The molecule has 0 radical (unpaired) electrons. The molecule has 0 amide bonds. The van der Waals surface area contributed by atoms with Crippen LogP contribution < -0.4 is 15.8 Å². The molecule has 0 saturated heterocycles. The van der Waals surface area contributed by atoms with Crippen molar-refractivity contribution < 1.29 is 4.74 Å². The molecule has 0 aliphatic heterocycles. The lowest BCUT2D eigenvalue weighted by molar-refractivity contribution is 0.333. The van der Waals surface area contributed by atoms with Crippen molar-refractivity contribution in [2.75, 3.05) is 24.2 Å². The van der Waals surface area contributed by atoms with Gasteiger partial charge in [-0.2, -0.15) is 5.10 Å². The predicted octanol–water partition coefficient (Wildman–Crippen LogP) is 3.70. The van der Waals surface area contributed by atoms with E-state index in [-0.39, 0.29) is 0 Å². The topological polar surface area (TPSA) is 88.9 Å². The van der Waals surface area contributed by atoms with Gasteiger partial charge in [-0.3, -0.25) is 5.10 Å². The number of benzene rings is 2. The zero-order valence-corrected chi connectivity index (χ0v) is 14.1. The zero-order valence-electron chi connectivity index (χ0n) is 14.1. The molecule has 0 unspecified atom stereocenters. The van der Waals surface area contributed by atoms with Gasteiger partial charge in [-0.05, 0) is 47.5 Å². The van der Waals surface area contributed by atoms with Crippen molar-refractivity contribution in [2.24, 2.45) is 0 Å². The number of pyridine rings is 1. The van der Waals surface area contributed by atoms with Gasteiger partial charge in [0.15, 0.2) is 5.82 Å². The number of para-hydroxylation sites is 1. The molecule has 4 N–H and O–H groups in total. The number of nitrogens with zero attached hydrogens (tertiary/aromatic N) is 2. The maximum atomic E-state index is 5.90. The average molecular weight is 345 g/mol. The molecule has 0 bridgehead atoms. The maximum Gasteiger partial charge on any atom is 0.153 e. The highest BCUT2D eigenvalue weighted by Crippen LogP contribution is 2.27. The number of anilines is 2. The molecule has 0 fully saturated rings. The lowest BCUT2D eigenvalue weighted by Crippen LogP contribution is -2.12. The van der Waals surface area contributed by atoms with Gasteiger partial charge in [0.1, 0.15) is 18.2 Å².